The number of nitrogens with one attached hydrogen (secondary N) is 1. The molecule has 1 aliphatic heterocycles. The number of carboxylic acid groups (broad SMARTS) is 1. The number of amides is 1. The first-order valence-electron chi connectivity index (χ1n) is 9.60. The number of aromatic nitrogens is 2. The van der Waals surface area contributed by atoms with E-state index in [0.717, 1.165) is 26.9 Å². The summed E-state index contributed by atoms with van der Waals surface area (Å²) in [5.41, 5.74) is 4.60. The molecule has 0 aliphatic carbocycles. The maximum atomic E-state index is 13.4. The van der Waals surface area contributed by atoms with Crippen molar-refractivity contribution < 1.29 is 14.7 Å². The summed E-state index contributed by atoms with van der Waals surface area (Å²) in [7, 11) is 0. The SMILES string of the molecule is O=C(O)c1ccc(N2C(=O)c3[nH]nc(-c4ccccc4)c3[C@@H]2c2ccc(Br)cc2)cc1. The Morgan fingerprint density at radius 1 is 0.968 bits per heavy atom. The summed E-state index contributed by atoms with van der Waals surface area (Å²) >= 11 is 3.47. The molecule has 31 heavy (non-hydrogen) atoms. The van der Waals surface area contributed by atoms with Gasteiger partial charge in [0.1, 0.15) is 5.69 Å². The predicted molar refractivity (Wildman–Crippen MR) is 120 cm³/mol. The summed E-state index contributed by atoms with van der Waals surface area (Å²) in [5, 5.41) is 16.6. The Morgan fingerprint density at radius 3 is 2.29 bits per heavy atom. The number of aromatic carboxylic acids is 1. The third-order valence-corrected chi connectivity index (χ3v) is 5.92. The van der Waals surface area contributed by atoms with E-state index >= 15 is 0 Å². The van der Waals surface area contributed by atoms with Crippen LogP contribution in [0.25, 0.3) is 11.3 Å². The highest BCUT2D eigenvalue weighted by Gasteiger charge is 2.43. The van der Waals surface area contributed by atoms with E-state index in [1.165, 1.54) is 12.1 Å². The number of aromatic amines is 1. The number of hydrogen-bond acceptors (Lipinski definition) is 3. The Hall–Kier alpha value is -3.71. The summed E-state index contributed by atoms with van der Waals surface area (Å²) in [5.74, 6) is -1.22. The molecule has 0 spiro atoms. The summed E-state index contributed by atoms with van der Waals surface area (Å²) in [6.07, 6.45) is 0. The summed E-state index contributed by atoms with van der Waals surface area (Å²) in [4.78, 5) is 26.4. The van der Waals surface area contributed by atoms with Gasteiger partial charge in [0.05, 0.1) is 17.3 Å². The van der Waals surface area contributed by atoms with Crippen LogP contribution in [0.4, 0.5) is 5.69 Å². The van der Waals surface area contributed by atoms with Crippen molar-refractivity contribution >= 4 is 33.5 Å². The lowest BCUT2D eigenvalue weighted by atomic mass is 9.96. The van der Waals surface area contributed by atoms with Crippen LogP contribution in [0.1, 0.15) is 38.0 Å². The lowest BCUT2D eigenvalue weighted by Gasteiger charge is -2.26. The third-order valence-electron chi connectivity index (χ3n) is 5.39. The molecule has 0 saturated carbocycles. The highest BCUT2D eigenvalue weighted by Crippen LogP contribution is 2.45. The van der Waals surface area contributed by atoms with Crippen molar-refractivity contribution in [3.63, 3.8) is 0 Å². The van der Waals surface area contributed by atoms with Crippen LogP contribution in [-0.2, 0) is 0 Å². The molecule has 3 aromatic carbocycles. The van der Waals surface area contributed by atoms with Crippen LogP contribution in [0.15, 0.2) is 83.3 Å². The van der Waals surface area contributed by atoms with Crippen LogP contribution < -0.4 is 4.90 Å². The van der Waals surface area contributed by atoms with Gasteiger partial charge >= 0.3 is 5.97 Å². The molecular formula is C24H16BrN3O3. The number of benzene rings is 3. The minimum Gasteiger partial charge on any atom is -0.478 e. The van der Waals surface area contributed by atoms with Gasteiger partial charge in [-0.15, -0.1) is 0 Å². The van der Waals surface area contributed by atoms with Gasteiger partial charge in [0.15, 0.2) is 0 Å². The van der Waals surface area contributed by atoms with Crippen molar-refractivity contribution in [3.8, 4) is 11.3 Å². The molecule has 0 saturated heterocycles. The first kappa shape index (κ1) is 19.3. The van der Waals surface area contributed by atoms with E-state index in [1.54, 1.807) is 17.0 Å². The Bertz CT molecular complexity index is 1280. The molecule has 6 nitrogen and oxygen atoms in total. The van der Waals surface area contributed by atoms with Crippen LogP contribution in [0.5, 0.6) is 0 Å². The number of H-pyrrole nitrogens is 1. The van der Waals surface area contributed by atoms with E-state index in [4.69, 9.17) is 0 Å². The fraction of sp³-hybridized carbons (Fsp3) is 0.0417. The maximum absolute atomic E-state index is 13.4. The second-order valence-electron chi connectivity index (χ2n) is 7.21. The van der Waals surface area contributed by atoms with Gasteiger partial charge < -0.3 is 5.11 Å². The van der Waals surface area contributed by atoms with Gasteiger partial charge in [-0.05, 0) is 42.0 Å². The number of anilines is 1. The van der Waals surface area contributed by atoms with E-state index in [-0.39, 0.29) is 11.5 Å². The van der Waals surface area contributed by atoms with Crippen molar-refractivity contribution in [1.29, 1.82) is 0 Å². The first-order valence-corrected chi connectivity index (χ1v) is 10.4. The van der Waals surface area contributed by atoms with Crippen molar-refractivity contribution in [2.45, 2.75) is 6.04 Å². The number of hydrogen-bond donors (Lipinski definition) is 2. The van der Waals surface area contributed by atoms with E-state index in [2.05, 4.69) is 26.1 Å². The van der Waals surface area contributed by atoms with Crippen molar-refractivity contribution in [1.82, 2.24) is 10.2 Å². The van der Waals surface area contributed by atoms with E-state index in [9.17, 15) is 14.7 Å². The second kappa shape index (κ2) is 7.52. The van der Waals surface area contributed by atoms with Crippen LogP contribution in [0.3, 0.4) is 0 Å². The summed E-state index contributed by atoms with van der Waals surface area (Å²) < 4.78 is 0.939. The lowest BCUT2D eigenvalue weighted by Crippen LogP contribution is -2.29. The Kier molecular flexibility index (Phi) is 4.67. The average Bonchev–Trinajstić information content (AvgIpc) is 3.34. The predicted octanol–water partition coefficient (Wildman–Crippen LogP) is 5.29. The summed E-state index contributed by atoms with van der Waals surface area (Å²) in [6, 6.07) is 23.5. The molecule has 1 aromatic heterocycles. The molecule has 1 atom stereocenters. The fourth-order valence-corrected chi connectivity index (χ4v) is 4.22. The molecule has 2 heterocycles. The number of carbonyl (C=O) groups excluding carboxylic acids is 1. The smallest absolute Gasteiger partial charge is 0.335 e. The average molecular weight is 474 g/mol. The van der Waals surface area contributed by atoms with Crippen molar-refractivity contribution in [2.75, 3.05) is 4.90 Å². The molecule has 4 aromatic rings. The van der Waals surface area contributed by atoms with E-state index in [1.807, 2.05) is 54.6 Å². The Labute approximate surface area is 186 Å². The standard InChI is InChI=1S/C24H16BrN3O3/c25-17-10-6-15(7-11-17)22-19-20(14-4-2-1-3-5-14)26-27-21(19)23(29)28(22)18-12-8-16(9-13-18)24(30)31/h1-13,22H,(H,26,27)(H,30,31)/t22-/m0/s1. The first-order chi connectivity index (χ1) is 15.0. The summed E-state index contributed by atoms with van der Waals surface area (Å²) in [6.45, 7) is 0. The molecule has 5 rings (SSSR count). The number of halogens is 1. The molecule has 0 bridgehead atoms. The number of carboxylic acids is 1. The number of fused-ring (bicyclic) bond motifs is 1. The molecule has 1 amide bonds. The number of rotatable bonds is 4. The normalized spacial score (nSPS) is 15.2. The van der Waals surface area contributed by atoms with Crippen molar-refractivity contribution in [3.05, 3.63) is 106 Å². The second-order valence-corrected chi connectivity index (χ2v) is 8.12. The Balaban J connectivity index is 1.69. The van der Waals surface area contributed by atoms with Gasteiger partial charge in [0, 0.05) is 21.3 Å². The van der Waals surface area contributed by atoms with Crippen LogP contribution >= 0.6 is 15.9 Å². The van der Waals surface area contributed by atoms with Gasteiger partial charge in [-0.3, -0.25) is 14.8 Å². The molecule has 7 heteroatoms. The third kappa shape index (κ3) is 3.23. The molecule has 0 radical (unpaired) electrons. The lowest BCUT2D eigenvalue weighted by molar-refractivity contribution is 0.0696. The quantitative estimate of drug-likeness (QED) is 0.421. The molecule has 2 N–H and O–H groups in total. The zero-order valence-electron chi connectivity index (χ0n) is 16.1. The van der Waals surface area contributed by atoms with Gasteiger partial charge in [-0.1, -0.05) is 58.4 Å². The van der Waals surface area contributed by atoms with Gasteiger partial charge in [-0.2, -0.15) is 5.10 Å². The van der Waals surface area contributed by atoms with Gasteiger partial charge in [0.2, 0.25) is 0 Å². The highest BCUT2D eigenvalue weighted by molar-refractivity contribution is 9.10. The van der Waals surface area contributed by atoms with Crippen LogP contribution in [0, 0.1) is 0 Å². The number of carbonyl (C=O) groups is 2. The zero-order valence-corrected chi connectivity index (χ0v) is 17.7. The van der Waals surface area contributed by atoms with Gasteiger partial charge in [-0.25, -0.2) is 4.79 Å². The fourth-order valence-electron chi connectivity index (χ4n) is 3.95. The van der Waals surface area contributed by atoms with Gasteiger partial charge in [0.25, 0.3) is 5.91 Å². The monoisotopic (exact) mass is 473 g/mol. The molecule has 152 valence electrons. The van der Waals surface area contributed by atoms with Crippen molar-refractivity contribution in [2.24, 2.45) is 0 Å². The van der Waals surface area contributed by atoms with Crippen LogP contribution in [-0.4, -0.2) is 27.2 Å². The molecule has 0 unspecified atom stereocenters. The highest BCUT2D eigenvalue weighted by atomic mass is 79.9. The topological polar surface area (TPSA) is 86.3 Å². The Morgan fingerprint density at radius 2 is 1.65 bits per heavy atom. The van der Waals surface area contributed by atoms with Crippen LogP contribution in [0.2, 0.25) is 0 Å². The van der Waals surface area contributed by atoms with E-state index in [0.29, 0.717) is 11.4 Å². The zero-order chi connectivity index (χ0) is 21.5. The number of nitrogens with zero attached hydrogens (tertiary/aromatic N) is 2. The van der Waals surface area contributed by atoms with E-state index < -0.39 is 12.0 Å². The molecule has 1 aliphatic rings. The molecule has 0 fully saturated rings. The minimum absolute atomic E-state index is 0.167. The largest absolute Gasteiger partial charge is 0.478 e. The molecular weight excluding hydrogens is 458 g/mol. The minimum atomic E-state index is -1.01. The maximum Gasteiger partial charge on any atom is 0.335 e.